The van der Waals surface area contributed by atoms with Gasteiger partial charge in [-0.25, -0.2) is 14.4 Å². The second-order valence-electron chi connectivity index (χ2n) is 9.05. The van der Waals surface area contributed by atoms with Gasteiger partial charge < -0.3 is 15.3 Å². The lowest BCUT2D eigenvalue weighted by molar-refractivity contribution is 0.437. The van der Waals surface area contributed by atoms with Gasteiger partial charge in [-0.05, 0) is 56.0 Å². The molecule has 1 aliphatic carbocycles. The molecule has 4 aromatic rings. The van der Waals surface area contributed by atoms with Gasteiger partial charge in [-0.1, -0.05) is 0 Å². The zero-order chi connectivity index (χ0) is 21.8. The predicted molar refractivity (Wildman–Crippen MR) is 122 cm³/mol. The number of fused-ring (bicyclic) bond motifs is 2. The van der Waals surface area contributed by atoms with Crippen LogP contribution in [0.25, 0.3) is 33.2 Å². The Labute approximate surface area is 184 Å². The molecule has 2 aliphatic rings. The minimum Gasteiger partial charge on any atom is -0.504 e. The molecule has 164 valence electrons. The molecule has 4 heterocycles. The fraction of sp³-hybridized carbons (Fsp3) is 0.375. The lowest BCUT2D eigenvalue weighted by Gasteiger charge is -2.19. The molecule has 6 rings (SSSR count). The molecule has 0 radical (unpaired) electrons. The van der Waals surface area contributed by atoms with Crippen molar-refractivity contribution in [2.75, 3.05) is 24.5 Å². The van der Waals surface area contributed by atoms with Gasteiger partial charge in [-0.15, -0.1) is 0 Å². The summed E-state index contributed by atoms with van der Waals surface area (Å²) < 4.78 is 16.2. The largest absolute Gasteiger partial charge is 0.504 e. The molecule has 0 spiro atoms. The Balaban J connectivity index is 1.28. The van der Waals surface area contributed by atoms with Gasteiger partial charge in [0.1, 0.15) is 5.52 Å². The van der Waals surface area contributed by atoms with E-state index >= 15 is 0 Å². The summed E-state index contributed by atoms with van der Waals surface area (Å²) in [6, 6.07) is 8.08. The summed E-state index contributed by atoms with van der Waals surface area (Å²) in [5, 5.41) is 19.7. The van der Waals surface area contributed by atoms with Gasteiger partial charge in [0.05, 0.1) is 17.6 Å². The lowest BCUT2D eigenvalue weighted by Crippen LogP contribution is -2.33. The molecule has 1 aliphatic heterocycles. The van der Waals surface area contributed by atoms with Crippen LogP contribution in [0.5, 0.6) is 5.75 Å². The number of aromatic nitrogens is 4. The van der Waals surface area contributed by atoms with Crippen LogP contribution in [0.15, 0.2) is 36.7 Å². The number of pyridine rings is 2. The number of halogens is 1. The molecule has 1 aromatic carbocycles. The van der Waals surface area contributed by atoms with E-state index in [1.165, 1.54) is 17.5 Å². The third-order valence-corrected chi connectivity index (χ3v) is 6.58. The Morgan fingerprint density at radius 3 is 2.91 bits per heavy atom. The Hall–Kier alpha value is -3.26. The highest BCUT2D eigenvalue weighted by atomic mass is 19.1. The third-order valence-electron chi connectivity index (χ3n) is 6.58. The molecular formula is C24H25FN6O. The van der Waals surface area contributed by atoms with E-state index in [9.17, 15) is 9.50 Å². The van der Waals surface area contributed by atoms with Crippen molar-refractivity contribution in [2.24, 2.45) is 13.0 Å². The quantitative estimate of drug-likeness (QED) is 0.502. The van der Waals surface area contributed by atoms with Crippen molar-refractivity contribution in [3.63, 3.8) is 0 Å². The zero-order valence-corrected chi connectivity index (χ0v) is 17.9. The number of benzene rings is 1. The normalized spacial score (nSPS) is 18.8. The lowest BCUT2D eigenvalue weighted by atomic mass is 10.1. The van der Waals surface area contributed by atoms with E-state index in [4.69, 9.17) is 0 Å². The number of rotatable bonds is 5. The number of hydrogen-bond donors (Lipinski definition) is 2. The van der Waals surface area contributed by atoms with Crippen molar-refractivity contribution in [1.82, 2.24) is 25.1 Å². The van der Waals surface area contributed by atoms with Crippen LogP contribution in [0.3, 0.4) is 0 Å². The van der Waals surface area contributed by atoms with Gasteiger partial charge in [0.15, 0.2) is 17.2 Å². The van der Waals surface area contributed by atoms with Crippen molar-refractivity contribution in [3.8, 4) is 17.0 Å². The van der Waals surface area contributed by atoms with Crippen molar-refractivity contribution < 1.29 is 9.50 Å². The van der Waals surface area contributed by atoms with E-state index in [-0.39, 0.29) is 5.52 Å². The Morgan fingerprint density at radius 1 is 1.19 bits per heavy atom. The van der Waals surface area contributed by atoms with Crippen LogP contribution in [0.4, 0.5) is 10.1 Å². The predicted octanol–water partition coefficient (Wildman–Crippen LogP) is 3.61. The van der Waals surface area contributed by atoms with Crippen LogP contribution in [0.2, 0.25) is 0 Å². The summed E-state index contributed by atoms with van der Waals surface area (Å²) >= 11 is 0. The fourth-order valence-electron chi connectivity index (χ4n) is 4.57. The summed E-state index contributed by atoms with van der Waals surface area (Å²) in [6.45, 7) is 3.14. The SMILES string of the molecule is Cn1cc2cc(-c3ccc4cc(N5CC[C@H](NCC6CC6)C5)cnc4n3)c(O)c(F)c2n1. The van der Waals surface area contributed by atoms with Crippen LogP contribution in [0, 0.1) is 11.7 Å². The maximum Gasteiger partial charge on any atom is 0.193 e. The third kappa shape index (κ3) is 3.44. The monoisotopic (exact) mass is 432 g/mol. The molecule has 1 saturated carbocycles. The molecular weight excluding hydrogens is 407 g/mol. The van der Waals surface area contributed by atoms with Gasteiger partial charge in [-0.3, -0.25) is 4.68 Å². The maximum absolute atomic E-state index is 14.7. The van der Waals surface area contributed by atoms with E-state index in [0.717, 1.165) is 43.0 Å². The number of anilines is 1. The summed E-state index contributed by atoms with van der Waals surface area (Å²) in [4.78, 5) is 11.5. The van der Waals surface area contributed by atoms with Gasteiger partial charge in [0.25, 0.3) is 0 Å². The van der Waals surface area contributed by atoms with Crippen LogP contribution < -0.4 is 10.2 Å². The first-order valence-electron chi connectivity index (χ1n) is 11.2. The molecule has 0 bridgehead atoms. The summed E-state index contributed by atoms with van der Waals surface area (Å²) in [5.74, 6) is -0.290. The number of hydrogen-bond acceptors (Lipinski definition) is 6. The van der Waals surface area contributed by atoms with E-state index in [1.807, 2.05) is 12.3 Å². The highest BCUT2D eigenvalue weighted by Gasteiger charge is 2.26. The molecule has 32 heavy (non-hydrogen) atoms. The van der Waals surface area contributed by atoms with Gasteiger partial charge in [0, 0.05) is 48.7 Å². The summed E-state index contributed by atoms with van der Waals surface area (Å²) in [7, 11) is 1.72. The molecule has 8 heteroatoms. The second-order valence-corrected chi connectivity index (χ2v) is 9.05. The van der Waals surface area contributed by atoms with E-state index in [1.54, 1.807) is 25.4 Å². The first-order chi connectivity index (χ1) is 15.5. The Morgan fingerprint density at radius 2 is 2.06 bits per heavy atom. The first kappa shape index (κ1) is 19.4. The molecule has 2 N–H and O–H groups in total. The number of aryl methyl sites for hydroxylation is 1. The first-order valence-corrected chi connectivity index (χ1v) is 11.2. The maximum atomic E-state index is 14.7. The smallest absolute Gasteiger partial charge is 0.193 e. The fourth-order valence-corrected chi connectivity index (χ4v) is 4.57. The molecule has 1 saturated heterocycles. The number of phenolic OH excluding ortho intramolecular Hbond substituents is 1. The molecule has 3 aromatic heterocycles. The number of nitrogens with one attached hydrogen (secondary N) is 1. The number of nitrogens with zero attached hydrogens (tertiary/aromatic N) is 5. The zero-order valence-electron chi connectivity index (χ0n) is 17.9. The van der Waals surface area contributed by atoms with E-state index < -0.39 is 11.6 Å². The van der Waals surface area contributed by atoms with Gasteiger partial charge in [-0.2, -0.15) is 5.10 Å². The van der Waals surface area contributed by atoms with Crippen LogP contribution in [-0.2, 0) is 7.05 Å². The van der Waals surface area contributed by atoms with Crippen molar-refractivity contribution in [3.05, 3.63) is 42.5 Å². The highest BCUT2D eigenvalue weighted by molar-refractivity contribution is 5.89. The Kier molecular flexibility index (Phi) is 4.50. The average Bonchev–Trinajstić information content (AvgIpc) is 3.37. The topological polar surface area (TPSA) is 79.1 Å². The van der Waals surface area contributed by atoms with Crippen LogP contribution in [0.1, 0.15) is 19.3 Å². The van der Waals surface area contributed by atoms with Crippen LogP contribution >= 0.6 is 0 Å². The summed E-state index contributed by atoms with van der Waals surface area (Å²) in [5.41, 5.74) is 2.62. The highest BCUT2D eigenvalue weighted by Crippen LogP contribution is 2.36. The van der Waals surface area contributed by atoms with Gasteiger partial charge >= 0.3 is 0 Å². The van der Waals surface area contributed by atoms with Crippen molar-refractivity contribution in [2.45, 2.75) is 25.3 Å². The van der Waals surface area contributed by atoms with Crippen LogP contribution in [-0.4, -0.2) is 50.5 Å². The molecule has 0 amide bonds. The minimum absolute atomic E-state index is 0.146. The van der Waals surface area contributed by atoms with Crippen molar-refractivity contribution >= 4 is 27.6 Å². The average molecular weight is 433 g/mol. The molecule has 1 atom stereocenters. The van der Waals surface area contributed by atoms with Gasteiger partial charge in [0.2, 0.25) is 0 Å². The minimum atomic E-state index is -0.734. The van der Waals surface area contributed by atoms with E-state index in [0.29, 0.717) is 28.3 Å². The van der Waals surface area contributed by atoms with E-state index in [2.05, 4.69) is 31.3 Å². The number of aromatic hydroxyl groups is 1. The second kappa shape index (κ2) is 7.41. The molecule has 7 nitrogen and oxygen atoms in total. The molecule has 0 unspecified atom stereocenters. The summed E-state index contributed by atoms with van der Waals surface area (Å²) in [6.07, 6.45) is 7.45. The molecule has 2 fully saturated rings. The standard InChI is InChI=1S/C24H25FN6O/c1-30-12-16-9-19(23(32)21(25)22(16)29-30)20-5-4-15-8-18(11-27-24(15)28-20)31-7-6-17(13-31)26-10-14-2-3-14/h4-5,8-9,11-12,14,17,26,32H,2-3,6-7,10,13H2,1H3/t17-/m0/s1. The number of phenols is 1. The van der Waals surface area contributed by atoms with Crippen molar-refractivity contribution in [1.29, 1.82) is 0 Å². The Bertz CT molecular complexity index is 1330.